The SMILES string of the molecule is O=C(COc1c(Br)cccc1Br)N1CCC2(CC1)C(=O)Nc1ccccc12. The lowest BCUT2D eigenvalue weighted by Crippen LogP contribution is -2.49. The number of carbonyl (C=O) groups is 2. The van der Waals surface area contributed by atoms with E-state index in [2.05, 4.69) is 37.2 Å². The molecule has 2 heterocycles. The number of amides is 2. The maximum atomic E-state index is 12.6. The Balaban J connectivity index is 1.41. The summed E-state index contributed by atoms with van der Waals surface area (Å²) in [5.74, 6) is 0.590. The van der Waals surface area contributed by atoms with E-state index < -0.39 is 5.41 Å². The van der Waals surface area contributed by atoms with Gasteiger partial charge >= 0.3 is 0 Å². The summed E-state index contributed by atoms with van der Waals surface area (Å²) in [5.41, 5.74) is 1.43. The van der Waals surface area contributed by atoms with Crippen molar-refractivity contribution >= 4 is 49.4 Å². The number of ether oxygens (including phenoxy) is 1. The van der Waals surface area contributed by atoms with Gasteiger partial charge < -0.3 is 15.0 Å². The molecule has 0 unspecified atom stereocenters. The van der Waals surface area contributed by atoms with Crippen molar-refractivity contribution in [1.29, 1.82) is 0 Å². The Bertz CT molecular complexity index is 888. The third-order valence-electron chi connectivity index (χ3n) is 5.35. The molecule has 1 N–H and O–H groups in total. The van der Waals surface area contributed by atoms with Crippen LogP contribution in [0.1, 0.15) is 18.4 Å². The standard InChI is InChI=1S/C20H18Br2N2O3/c21-14-5-3-6-15(22)18(14)27-12-17(25)24-10-8-20(9-11-24)13-4-1-2-7-16(13)23-19(20)26/h1-7H,8-12H2,(H,23,26). The van der Waals surface area contributed by atoms with Gasteiger partial charge in [-0.3, -0.25) is 9.59 Å². The summed E-state index contributed by atoms with van der Waals surface area (Å²) in [6, 6.07) is 13.4. The molecule has 2 aliphatic rings. The molecule has 140 valence electrons. The maximum Gasteiger partial charge on any atom is 0.260 e. The predicted molar refractivity (Wildman–Crippen MR) is 110 cm³/mol. The van der Waals surface area contributed by atoms with Gasteiger partial charge in [0.05, 0.1) is 14.4 Å². The summed E-state index contributed by atoms with van der Waals surface area (Å²) in [7, 11) is 0. The number of anilines is 1. The average Bonchev–Trinajstić information content (AvgIpc) is 2.93. The second kappa shape index (κ2) is 7.28. The fraction of sp³-hybridized carbons (Fsp3) is 0.300. The monoisotopic (exact) mass is 492 g/mol. The first-order valence-corrected chi connectivity index (χ1v) is 10.4. The minimum Gasteiger partial charge on any atom is -0.481 e. The second-order valence-electron chi connectivity index (χ2n) is 6.80. The Morgan fingerprint density at radius 2 is 1.74 bits per heavy atom. The number of likely N-dealkylation sites (tertiary alicyclic amines) is 1. The summed E-state index contributed by atoms with van der Waals surface area (Å²) >= 11 is 6.86. The van der Waals surface area contributed by atoms with E-state index in [9.17, 15) is 9.59 Å². The minimum atomic E-state index is -0.514. The normalized spacial score (nSPS) is 17.6. The highest BCUT2D eigenvalue weighted by atomic mass is 79.9. The van der Waals surface area contributed by atoms with Crippen molar-refractivity contribution in [3.05, 3.63) is 57.0 Å². The number of rotatable bonds is 3. The molecule has 27 heavy (non-hydrogen) atoms. The van der Waals surface area contributed by atoms with Crippen LogP contribution in [-0.2, 0) is 15.0 Å². The first kappa shape index (κ1) is 18.5. The van der Waals surface area contributed by atoms with E-state index >= 15 is 0 Å². The Labute approximate surface area is 174 Å². The number of piperidine rings is 1. The zero-order valence-electron chi connectivity index (χ0n) is 14.5. The van der Waals surface area contributed by atoms with Gasteiger partial charge in [0.15, 0.2) is 6.61 Å². The second-order valence-corrected chi connectivity index (χ2v) is 8.51. The average molecular weight is 494 g/mol. The van der Waals surface area contributed by atoms with Gasteiger partial charge in [-0.25, -0.2) is 0 Å². The molecule has 2 aromatic carbocycles. The van der Waals surface area contributed by atoms with Crippen LogP contribution in [0.4, 0.5) is 5.69 Å². The Morgan fingerprint density at radius 1 is 1.07 bits per heavy atom. The van der Waals surface area contributed by atoms with Crippen molar-refractivity contribution in [3.8, 4) is 5.75 Å². The van der Waals surface area contributed by atoms with Crippen LogP contribution in [0.2, 0.25) is 0 Å². The van der Waals surface area contributed by atoms with E-state index in [1.807, 2.05) is 42.5 Å². The van der Waals surface area contributed by atoms with Crippen LogP contribution in [0.5, 0.6) is 5.75 Å². The Morgan fingerprint density at radius 3 is 2.44 bits per heavy atom. The number of para-hydroxylation sites is 2. The van der Waals surface area contributed by atoms with Gasteiger partial charge in [-0.2, -0.15) is 0 Å². The molecule has 0 aromatic heterocycles. The fourth-order valence-corrected chi connectivity index (χ4v) is 5.08. The van der Waals surface area contributed by atoms with Crippen LogP contribution < -0.4 is 10.1 Å². The lowest BCUT2D eigenvalue weighted by molar-refractivity contribution is -0.137. The lowest BCUT2D eigenvalue weighted by Gasteiger charge is -2.38. The number of hydrogen-bond donors (Lipinski definition) is 1. The van der Waals surface area contributed by atoms with Crippen LogP contribution >= 0.6 is 31.9 Å². The topological polar surface area (TPSA) is 58.6 Å². The van der Waals surface area contributed by atoms with Gasteiger partial charge in [0.2, 0.25) is 5.91 Å². The van der Waals surface area contributed by atoms with Crippen molar-refractivity contribution in [2.24, 2.45) is 0 Å². The number of halogens is 2. The van der Waals surface area contributed by atoms with Gasteiger partial charge in [-0.15, -0.1) is 0 Å². The van der Waals surface area contributed by atoms with E-state index in [1.165, 1.54) is 0 Å². The first-order valence-electron chi connectivity index (χ1n) is 8.77. The molecule has 0 bridgehead atoms. The number of fused-ring (bicyclic) bond motifs is 2. The largest absolute Gasteiger partial charge is 0.481 e. The van der Waals surface area contributed by atoms with Crippen LogP contribution in [0, 0.1) is 0 Å². The van der Waals surface area contributed by atoms with E-state index in [0.29, 0.717) is 31.7 Å². The van der Waals surface area contributed by atoms with Gasteiger partial charge in [-0.1, -0.05) is 24.3 Å². The predicted octanol–water partition coefficient (Wildman–Crippen LogP) is 4.10. The van der Waals surface area contributed by atoms with Crippen LogP contribution in [-0.4, -0.2) is 36.4 Å². The van der Waals surface area contributed by atoms with Crippen LogP contribution in [0.3, 0.4) is 0 Å². The molecule has 5 nitrogen and oxygen atoms in total. The molecule has 2 aromatic rings. The molecule has 1 spiro atoms. The molecule has 4 rings (SSSR count). The molecular weight excluding hydrogens is 476 g/mol. The maximum absolute atomic E-state index is 12.6. The summed E-state index contributed by atoms with van der Waals surface area (Å²) in [6.07, 6.45) is 1.25. The summed E-state index contributed by atoms with van der Waals surface area (Å²) in [5, 5.41) is 2.98. The molecule has 0 atom stereocenters. The van der Waals surface area contributed by atoms with Gasteiger partial charge in [0.25, 0.3) is 5.91 Å². The molecule has 0 radical (unpaired) electrons. The highest BCUT2D eigenvalue weighted by Gasteiger charge is 2.48. The van der Waals surface area contributed by atoms with E-state index in [0.717, 1.165) is 20.2 Å². The van der Waals surface area contributed by atoms with Gasteiger partial charge in [0, 0.05) is 18.8 Å². The number of nitrogens with zero attached hydrogens (tertiary/aromatic N) is 1. The highest BCUT2D eigenvalue weighted by molar-refractivity contribution is 9.11. The van der Waals surface area contributed by atoms with Crippen molar-refractivity contribution in [3.63, 3.8) is 0 Å². The van der Waals surface area contributed by atoms with Crippen molar-refractivity contribution in [2.75, 3.05) is 25.0 Å². The fourth-order valence-electron chi connectivity index (χ4n) is 3.85. The third kappa shape index (κ3) is 3.27. The summed E-state index contributed by atoms with van der Waals surface area (Å²) in [4.78, 5) is 27.0. The highest BCUT2D eigenvalue weighted by Crippen LogP contribution is 2.44. The first-order chi connectivity index (χ1) is 13.0. The van der Waals surface area contributed by atoms with Gasteiger partial charge in [-0.05, 0) is 68.5 Å². The molecule has 0 saturated carbocycles. The molecule has 2 amide bonds. The Kier molecular flexibility index (Phi) is 4.99. The van der Waals surface area contributed by atoms with E-state index in [4.69, 9.17) is 4.74 Å². The smallest absolute Gasteiger partial charge is 0.260 e. The Hall–Kier alpha value is -1.86. The van der Waals surface area contributed by atoms with Crippen molar-refractivity contribution in [1.82, 2.24) is 4.90 Å². The van der Waals surface area contributed by atoms with Crippen molar-refractivity contribution < 1.29 is 14.3 Å². The summed E-state index contributed by atoms with van der Waals surface area (Å²) in [6.45, 7) is 1.05. The number of hydrogen-bond acceptors (Lipinski definition) is 3. The van der Waals surface area contributed by atoms with Gasteiger partial charge in [0.1, 0.15) is 5.75 Å². The summed E-state index contributed by atoms with van der Waals surface area (Å²) < 4.78 is 7.30. The van der Waals surface area contributed by atoms with Crippen molar-refractivity contribution in [2.45, 2.75) is 18.3 Å². The molecule has 2 aliphatic heterocycles. The zero-order chi connectivity index (χ0) is 19.0. The molecule has 0 aliphatic carbocycles. The number of nitrogens with one attached hydrogen (secondary N) is 1. The van der Waals surface area contributed by atoms with Crippen LogP contribution in [0.15, 0.2) is 51.4 Å². The quantitative estimate of drug-likeness (QED) is 0.700. The molecular formula is C20H18Br2N2O3. The van der Waals surface area contributed by atoms with E-state index in [-0.39, 0.29) is 18.4 Å². The molecule has 1 fully saturated rings. The lowest BCUT2D eigenvalue weighted by atomic mass is 9.73. The molecule has 1 saturated heterocycles. The van der Waals surface area contributed by atoms with E-state index in [1.54, 1.807) is 4.90 Å². The third-order valence-corrected chi connectivity index (χ3v) is 6.60. The van der Waals surface area contributed by atoms with Crippen LogP contribution in [0.25, 0.3) is 0 Å². The minimum absolute atomic E-state index is 0.0308. The number of benzene rings is 2. The zero-order valence-corrected chi connectivity index (χ0v) is 17.7. The molecule has 7 heteroatoms. The number of carbonyl (C=O) groups excluding carboxylic acids is 2.